The number of benzene rings is 2. The molecule has 2 aromatic rings. The summed E-state index contributed by atoms with van der Waals surface area (Å²) < 4.78 is 25.7. The van der Waals surface area contributed by atoms with Gasteiger partial charge in [0.05, 0.1) is 32.0 Å². The molecule has 2 N–H and O–H groups in total. The predicted octanol–water partition coefficient (Wildman–Crippen LogP) is 7.72. The molecule has 0 aromatic heterocycles. The van der Waals surface area contributed by atoms with Crippen LogP contribution >= 0.6 is 0 Å². The van der Waals surface area contributed by atoms with Crippen molar-refractivity contribution in [3.8, 4) is 11.1 Å². The van der Waals surface area contributed by atoms with E-state index in [1.165, 1.54) is 37.8 Å². The van der Waals surface area contributed by atoms with Crippen LogP contribution < -0.4 is 0 Å². The summed E-state index contributed by atoms with van der Waals surface area (Å²) in [4.78, 5) is 23.1. The summed E-state index contributed by atoms with van der Waals surface area (Å²) in [5, 5.41) is 16.8. The van der Waals surface area contributed by atoms with Gasteiger partial charge in [-0.2, -0.15) is 0 Å². The van der Waals surface area contributed by atoms with Crippen LogP contribution in [0.25, 0.3) is 11.1 Å². The molecule has 1 atom stereocenters. The molecule has 7 heteroatoms. The molecule has 1 fully saturated rings. The standard InChI is InChI=1S/C34H45FO5.C3H6O/c1-4-5-6-7-26-8-10-30(11-9-26)32-17-16-31(22-33(32)35)28-14-12-27(13-15-28)29(18-20-39-25(3)37)19-21-40-34(38)24(2)23-36;1-2-3-4/h8-11,16-17,22,27-29,36H,2,4-7,12-15,18-21,23H2,1,3H3;2,4H,1,3H2. The SMILES string of the molecule is C=C(CO)C(=O)OCCC(CCOC(C)=O)C1CCC(c2ccc(-c3ccc(CCCCC)cc3)c(F)c2)CC1.C=CCO. The zero-order valence-electron chi connectivity index (χ0n) is 26.6. The molecule has 0 amide bonds. The highest BCUT2D eigenvalue weighted by molar-refractivity contribution is 5.87. The van der Waals surface area contributed by atoms with Crippen molar-refractivity contribution in [3.63, 3.8) is 0 Å². The summed E-state index contributed by atoms with van der Waals surface area (Å²) in [6, 6.07) is 14.0. The van der Waals surface area contributed by atoms with E-state index in [-0.39, 0.29) is 36.5 Å². The molecule has 0 spiro atoms. The molecule has 0 aliphatic heterocycles. The van der Waals surface area contributed by atoms with Crippen molar-refractivity contribution in [3.05, 3.63) is 84.2 Å². The molecule has 0 bridgehead atoms. The average molecular weight is 611 g/mol. The van der Waals surface area contributed by atoms with Crippen LogP contribution in [-0.2, 0) is 25.5 Å². The quantitative estimate of drug-likeness (QED) is 0.0875. The van der Waals surface area contributed by atoms with Crippen molar-refractivity contribution < 1.29 is 33.7 Å². The number of aliphatic hydroxyl groups is 2. The first-order valence-electron chi connectivity index (χ1n) is 15.9. The summed E-state index contributed by atoms with van der Waals surface area (Å²) in [6.07, 6.45) is 11.3. The normalized spacial score (nSPS) is 16.7. The smallest absolute Gasteiger partial charge is 0.335 e. The van der Waals surface area contributed by atoms with Gasteiger partial charge in [0, 0.05) is 12.5 Å². The third kappa shape index (κ3) is 12.7. The first-order valence-corrected chi connectivity index (χ1v) is 15.9. The Labute approximate surface area is 263 Å². The predicted molar refractivity (Wildman–Crippen MR) is 174 cm³/mol. The molecule has 6 nitrogen and oxygen atoms in total. The van der Waals surface area contributed by atoms with Gasteiger partial charge in [-0.3, -0.25) is 4.79 Å². The monoisotopic (exact) mass is 610 g/mol. The molecule has 242 valence electrons. The van der Waals surface area contributed by atoms with Crippen molar-refractivity contribution >= 4 is 11.9 Å². The minimum Gasteiger partial charge on any atom is -0.466 e. The fourth-order valence-electron chi connectivity index (χ4n) is 5.81. The van der Waals surface area contributed by atoms with Gasteiger partial charge in [-0.1, -0.05) is 68.8 Å². The number of carbonyl (C=O) groups excluding carboxylic acids is 2. The molecular formula is C37H51FO6. The van der Waals surface area contributed by atoms with Crippen LogP contribution in [0.2, 0.25) is 0 Å². The summed E-state index contributed by atoms with van der Waals surface area (Å²) in [7, 11) is 0. The highest BCUT2D eigenvalue weighted by Gasteiger charge is 2.29. The third-order valence-electron chi connectivity index (χ3n) is 8.36. The molecule has 1 unspecified atom stereocenters. The summed E-state index contributed by atoms with van der Waals surface area (Å²) in [6.45, 7) is 10.6. The van der Waals surface area contributed by atoms with Crippen molar-refractivity contribution in [2.45, 2.75) is 84.0 Å². The molecule has 0 saturated heterocycles. The Morgan fingerprint density at radius 1 is 1.00 bits per heavy atom. The Balaban J connectivity index is 0.00000159. The van der Waals surface area contributed by atoms with Gasteiger partial charge >= 0.3 is 11.9 Å². The molecule has 0 radical (unpaired) electrons. The second kappa shape index (κ2) is 20.6. The van der Waals surface area contributed by atoms with Crippen molar-refractivity contribution in [1.82, 2.24) is 0 Å². The van der Waals surface area contributed by atoms with Gasteiger partial charge in [0.15, 0.2) is 0 Å². The zero-order valence-corrected chi connectivity index (χ0v) is 26.6. The summed E-state index contributed by atoms with van der Waals surface area (Å²) in [5.74, 6) is -0.115. The molecule has 1 aliphatic rings. The van der Waals surface area contributed by atoms with Gasteiger partial charge < -0.3 is 19.7 Å². The number of aliphatic hydroxyl groups excluding tert-OH is 2. The van der Waals surface area contributed by atoms with Gasteiger partial charge in [-0.25, -0.2) is 9.18 Å². The Morgan fingerprint density at radius 2 is 1.64 bits per heavy atom. The molecule has 1 aliphatic carbocycles. The van der Waals surface area contributed by atoms with Gasteiger partial charge in [0.1, 0.15) is 5.82 Å². The minimum atomic E-state index is -0.585. The van der Waals surface area contributed by atoms with Crippen LogP contribution in [0.15, 0.2) is 67.3 Å². The topological polar surface area (TPSA) is 93.1 Å². The van der Waals surface area contributed by atoms with E-state index in [1.54, 1.807) is 6.07 Å². The van der Waals surface area contributed by atoms with Crippen LogP contribution in [0, 0.1) is 17.7 Å². The third-order valence-corrected chi connectivity index (χ3v) is 8.36. The lowest BCUT2D eigenvalue weighted by Gasteiger charge is -2.34. The number of hydrogen-bond acceptors (Lipinski definition) is 6. The summed E-state index contributed by atoms with van der Waals surface area (Å²) >= 11 is 0. The fraction of sp³-hybridized carbons (Fsp3) is 0.514. The maximum Gasteiger partial charge on any atom is 0.335 e. The number of unbranched alkanes of at least 4 members (excludes halogenated alkanes) is 2. The number of hydrogen-bond donors (Lipinski definition) is 2. The van der Waals surface area contributed by atoms with Crippen LogP contribution in [0.1, 0.15) is 88.7 Å². The minimum absolute atomic E-state index is 0.0367. The Morgan fingerprint density at radius 3 is 2.18 bits per heavy atom. The van der Waals surface area contributed by atoms with E-state index >= 15 is 4.39 Å². The van der Waals surface area contributed by atoms with Crippen LogP contribution in [0.4, 0.5) is 4.39 Å². The van der Waals surface area contributed by atoms with E-state index in [2.05, 4.69) is 38.3 Å². The average Bonchev–Trinajstić information content (AvgIpc) is 3.04. The van der Waals surface area contributed by atoms with Gasteiger partial charge in [0.2, 0.25) is 0 Å². The lowest BCUT2D eigenvalue weighted by atomic mass is 9.72. The number of esters is 2. The molecular weight excluding hydrogens is 559 g/mol. The number of ether oxygens (including phenoxy) is 2. The maximum absolute atomic E-state index is 15.2. The van der Waals surface area contributed by atoms with Gasteiger partial charge in [-0.15, -0.1) is 6.58 Å². The highest BCUT2D eigenvalue weighted by atomic mass is 19.1. The van der Waals surface area contributed by atoms with Crippen LogP contribution in [-0.4, -0.2) is 48.6 Å². The van der Waals surface area contributed by atoms with E-state index in [1.807, 2.05) is 18.2 Å². The number of carbonyl (C=O) groups is 2. The zero-order chi connectivity index (χ0) is 32.3. The molecule has 2 aromatic carbocycles. The summed E-state index contributed by atoms with van der Waals surface area (Å²) in [5.41, 5.74) is 3.93. The number of rotatable bonds is 16. The Kier molecular flexibility index (Phi) is 17.3. The largest absolute Gasteiger partial charge is 0.466 e. The van der Waals surface area contributed by atoms with E-state index in [9.17, 15) is 9.59 Å². The molecule has 1 saturated carbocycles. The molecule has 3 rings (SSSR count). The highest BCUT2D eigenvalue weighted by Crippen LogP contribution is 2.41. The van der Waals surface area contributed by atoms with E-state index in [0.29, 0.717) is 36.8 Å². The second-order valence-corrected chi connectivity index (χ2v) is 11.6. The number of aryl methyl sites for hydroxylation is 1. The number of halogens is 1. The van der Waals surface area contributed by atoms with Gasteiger partial charge in [0.25, 0.3) is 0 Å². The maximum atomic E-state index is 15.2. The fourth-order valence-corrected chi connectivity index (χ4v) is 5.81. The molecule has 44 heavy (non-hydrogen) atoms. The van der Waals surface area contributed by atoms with Crippen molar-refractivity contribution in [1.29, 1.82) is 0 Å². The van der Waals surface area contributed by atoms with E-state index in [0.717, 1.165) is 43.2 Å². The molecule has 0 heterocycles. The van der Waals surface area contributed by atoms with Crippen LogP contribution in [0.5, 0.6) is 0 Å². The Hall–Kier alpha value is -3.29. The first kappa shape index (κ1) is 36.9. The van der Waals surface area contributed by atoms with E-state index < -0.39 is 12.6 Å². The van der Waals surface area contributed by atoms with Gasteiger partial charge in [-0.05, 0) is 91.9 Å². The lowest BCUT2D eigenvalue weighted by Crippen LogP contribution is -2.24. The Bertz CT molecular complexity index is 1170. The van der Waals surface area contributed by atoms with Crippen molar-refractivity contribution in [2.24, 2.45) is 11.8 Å². The van der Waals surface area contributed by atoms with E-state index in [4.69, 9.17) is 19.7 Å². The lowest BCUT2D eigenvalue weighted by molar-refractivity contribution is -0.141. The second-order valence-electron chi connectivity index (χ2n) is 11.6. The van der Waals surface area contributed by atoms with Crippen LogP contribution in [0.3, 0.4) is 0 Å². The van der Waals surface area contributed by atoms with Crippen molar-refractivity contribution in [2.75, 3.05) is 26.4 Å². The first-order chi connectivity index (χ1) is 21.2.